The zero-order chi connectivity index (χ0) is 19.4. The number of amides is 2. The first-order valence-corrected chi connectivity index (χ1v) is 9.04. The molecule has 1 aliphatic rings. The fourth-order valence-electron chi connectivity index (χ4n) is 3.05. The molecule has 0 saturated carbocycles. The molecule has 1 atom stereocenters. The minimum absolute atomic E-state index is 0.198. The minimum atomic E-state index is -0.587. The molecule has 8 nitrogen and oxygen atoms in total. The standard InChI is InChI=1S/C19H25N5O3/c1-19(2,3)27-18(26)24-9-5-8-16(24)17(25)22-15-7-4-6-14(10-15)11-23-13-20-12-21-23/h4,6-7,10,12-13,16H,5,8-9,11H2,1-3H3,(H,22,25)/t16-/m1/s1. The number of carbonyl (C=O) groups is 2. The van der Waals surface area contributed by atoms with Gasteiger partial charge in [-0.2, -0.15) is 5.10 Å². The number of hydrogen-bond acceptors (Lipinski definition) is 5. The zero-order valence-electron chi connectivity index (χ0n) is 15.9. The van der Waals surface area contributed by atoms with Crippen LogP contribution in [0.15, 0.2) is 36.9 Å². The molecule has 1 aliphatic heterocycles. The van der Waals surface area contributed by atoms with Gasteiger partial charge in [-0.3, -0.25) is 9.69 Å². The van der Waals surface area contributed by atoms with E-state index in [-0.39, 0.29) is 5.91 Å². The van der Waals surface area contributed by atoms with Gasteiger partial charge in [0.1, 0.15) is 24.3 Å². The summed E-state index contributed by atoms with van der Waals surface area (Å²) in [6.45, 7) is 6.54. The van der Waals surface area contributed by atoms with Gasteiger partial charge in [-0.25, -0.2) is 14.5 Å². The first-order chi connectivity index (χ1) is 12.8. The molecule has 1 saturated heterocycles. The number of likely N-dealkylation sites (tertiary alicyclic amines) is 1. The highest BCUT2D eigenvalue weighted by Crippen LogP contribution is 2.22. The summed E-state index contributed by atoms with van der Waals surface area (Å²) in [7, 11) is 0. The fraction of sp³-hybridized carbons (Fsp3) is 0.474. The molecule has 0 radical (unpaired) electrons. The van der Waals surface area contributed by atoms with Gasteiger partial charge >= 0.3 is 6.09 Å². The van der Waals surface area contributed by atoms with Crippen molar-refractivity contribution in [1.29, 1.82) is 0 Å². The molecule has 3 rings (SSSR count). The highest BCUT2D eigenvalue weighted by atomic mass is 16.6. The monoisotopic (exact) mass is 371 g/mol. The number of nitrogens with zero attached hydrogens (tertiary/aromatic N) is 4. The number of aromatic nitrogens is 3. The average molecular weight is 371 g/mol. The van der Waals surface area contributed by atoms with Gasteiger partial charge in [0.2, 0.25) is 5.91 Å². The van der Waals surface area contributed by atoms with Crippen molar-refractivity contribution in [2.75, 3.05) is 11.9 Å². The molecule has 1 aromatic heterocycles. The van der Waals surface area contributed by atoms with E-state index in [0.29, 0.717) is 25.2 Å². The summed E-state index contributed by atoms with van der Waals surface area (Å²) >= 11 is 0. The Morgan fingerprint density at radius 2 is 2.15 bits per heavy atom. The van der Waals surface area contributed by atoms with Crippen molar-refractivity contribution in [2.24, 2.45) is 0 Å². The molecule has 27 heavy (non-hydrogen) atoms. The summed E-state index contributed by atoms with van der Waals surface area (Å²) in [5.41, 5.74) is 1.10. The molecule has 0 spiro atoms. The lowest BCUT2D eigenvalue weighted by molar-refractivity contribution is -0.120. The van der Waals surface area contributed by atoms with Crippen LogP contribution in [-0.4, -0.2) is 49.9 Å². The molecule has 2 aromatic rings. The zero-order valence-corrected chi connectivity index (χ0v) is 15.9. The molecule has 8 heteroatoms. The Kier molecular flexibility index (Phi) is 5.43. The highest BCUT2D eigenvalue weighted by Gasteiger charge is 2.36. The second-order valence-electron chi connectivity index (χ2n) is 7.61. The molecule has 0 aliphatic carbocycles. The number of rotatable bonds is 4. The lowest BCUT2D eigenvalue weighted by Gasteiger charge is -2.28. The van der Waals surface area contributed by atoms with E-state index in [1.165, 1.54) is 11.2 Å². The minimum Gasteiger partial charge on any atom is -0.444 e. The van der Waals surface area contributed by atoms with Crippen LogP contribution in [0.4, 0.5) is 10.5 Å². The van der Waals surface area contributed by atoms with Crippen molar-refractivity contribution >= 4 is 17.7 Å². The Morgan fingerprint density at radius 3 is 2.85 bits per heavy atom. The first-order valence-electron chi connectivity index (χ1n) is 9.04. The molecule has 1 fully saturated rings. The maximum absolute atomic E-state index is 12.7. The van der Waals surface area contributed by atoms with Crippen molar-refractivity contribution in [1.82, 2.24) is 19.7 Å². The van der Waals surface area contributed by atoms with Gasteiger partial charge in [0.25, 0.3) is 0 Å². The van der Waals surface area contributed by atoms with Crippen molar-refractivity contribution < 1.29 is 14.3 Å². The number of anilines is 1. The van der Waals surface area contributed by atoms with E-state index >= 15 is 0 Å². The largest absolute Gasteiger partial charge is 0.444 e. The van der Waals surface area contributed by atoms with E-state index in [1.807, 2.05) is 45.0 Å². The van der Waals surface area contributed by atoms with Gasteiger partial charge in [0.05, 0.1) is 6.54 Å². The molecule has 144 valence electrons. The van der Waals surface area contributed by atoms with Crippen molar-refractivity contribution in [2.45, 2.75) is 51.8 Å². The quantitative estimate of drug-likeness (QED) is 0.892. The van der Waals surface area contributed by atoms with E-state index in [0.717, 1.165) is 12.0 Å². The van der Waals surface area contributed by atoms with E-state index < -0.39 is 17.7 Å². The Labute approximate surface area is 158 Å². The van der Waals surface area contributed by atoms with Gasteiger partial charge in [0, 0.05) is 12.2 Å². The van der Waals surface area contributed by atoms with E-state index in [2.05, 4.69) is 15.4 Å². The van der Waals surface area contributed by atoms with Crippen LogP contribution in [0, 0.1) is 0 Å². The molecule has 1 aromatic carbocycles. The van der Waals surface area contributed by atoms with Crippen LogP contribution in [0.2, 0.25) is 0 Å². The Morgan fingerprint density at radius 1 is 1.33 bits per heavy atom. The summed E-state index contributed by atoms with van der Waals surface area (Å²) in [6.07, 6.45) is 4.09. The molecular weight excluding hydrogens is 346 g/mol. The molecular formula is C19H25N5O3. The normalized spacial score (nSPS) is 17.0. The van der Waals surface area contributed by atoms with E-state index in [4.69, 9.17) is 4.74 Å². The first kappa shape index (κ1) is 18.9. The lowest BCUT2D eigenvalue weighted by Crippen LogP contribution is -2.45. The fourth-order valence-corrected chi connectivity index (χ4v) is 3.05. The summed E-state index contributed by atoms with van der Waals surface area (Å²) in [5.74, 6) is -0.198. The summed E-state index contributed by atoms with van der Waals surface area (Å²) in [5, 5.41) is 7.00. The topological polar surface area (TPSA) is 89.4 Å². The lowest BCUT2D eigenvalue weighted by atomic mass is 10.1. The van der Waals surface area contributed by atoms with Gasteiger partial charge < -0.3 is 10.1 Å². The molecule has 0 unspecified atom stereocenters. The van der Waals surface area contributed by atoms with Crippen molar-refractivity contribution in [3.05, 3.63) is 42.5 Å². The number of benzene rings is 1. The Hall–Kier alpha value is -2.90. The van der Waals surface area contributed by atoms with E-state index in [9.17, 15) is 9.59 Å². The maximum Gasteiger partial charge on any atom is 0.410 e. The van der Waals surface area contributed by atoms with Crippen LogP contribution in [0.5, 0.6) is 0 Å². The number of nitrogens with one attached hydrogen (secondary N) is 1. The molecule has 2 heterocycles. The predicted molar refractivity (Wildman–Crippen MR) is 100 cm³/mol. The van der Waals surface area contributed by atoms with E-state index in [1.54, 1.807) is 11.0 Å². The second-order valence-corrected chi connectivity index (χ2v) is 7.61. The molecule has 1 N–H and O–H groups in total. The summed E-state index contributed by atoms with van der Waals surface area (Å²) in [4.78, 5) is 30.5. The highest BCUT2D eigenvalue weighted by molar-refractivity contribution is 5.96. The van der Waals surface area contributed by atoms with Crippen molar-refractivity contribution in [3.8, 4) is 0 Å². The smallest absolute Gasteiger partial charge is 0.410 e. The van der Waals surface area contributed by atoms with Crippen LogP contribution in [0.25, 0.3) is 0 Å². The second kappa shape index (κ2) is 7.77. The van der Waals surface area contributed by atoms with Crippen molar-refractivity contribution in [3.63, 3.8) is 0 Å². The van der Waals surface area contributed by atoms with Gasteiger partial charge in [-0.15, -0.1) is 0 Å². The van der Waals surface area contributed by atoms with Gasteiger partial charge in [-0.1, -0.05) is 12.1 Å². The maximum atomic E-state index is 12.7. The number of ether oxygens (including phenoxy) is 1. The van der Waals surface area contributed by atoms with Crippen LogP contribution in [0.1, 0.15) is 39.2 Å². The van der Waals surface area contributed by atoms with Gasteiger partial charge in [-0.05, 0) is 51.3 Å². The summed E-state index contributed by atoms with van der Waals surface area (Å²) < 4.78 is 7.13. The van der Waals surface area contributed by atoms with Crippen LogP contribution < -0.4 is 5.32 Å². The Bertz CT molecular complexity index is 798. The molecule has 0 bridgehead atoms. The van der Waals surface area contributed by atoms with Crippen LogP contribution in [-0.2, 0) is 16.1 Å². The van der Waals surface area contributed by atoms with Gasteiger partial charge in [0.15, 0.2) is 0 Å². The third-order valence-corrected chi connectivity index (χ3v) is 4.19. The summed E-state index contributed by atoms with van der Waals surface area (Å²) in [6, 6.07) is 7.04. The Balaban J connectivity index is 1.65. The number of hydrogen-bond donors (Lipinski definition) is 1. The average Bonchev–Trinajstić information content (AvgIpc) is 3.25. The predicted octanol–water partition coefficient (Wildman–Crippen LogP) is 2.66. The van der Waals surface area contributed by atoms with Crippen LogP contribution in [0.3, 0.4) is 0 Å². The van der Waals surface area contributed by atoms with Crippen LogP contribution >= 0.6 is 0 Å². The SMILES string of the molecule is CC(C)(C)OC(=O)N1CCC[C@@H]1C(=O)Nc1cccc(Cn2cncn2)c1. The third kappa shape index (κ3) is 5.06. The third-order valence-electron chi connectivity index (χ3n) is 4.19. The number of carbonyl (C=O) groups excluding carboxylic acids is 2. The molecule has 2 amide bonds.